The lowest BCUT2D eigenvalue weighted by Gasteiger charge is -2.08. The normalized spacial score (nSPS) is 10.2. The smallest absolute Gasteiger partial charge is 0.339 e. The third kappa shape index (κ3) is 3.48. The zero-order valence-corrected chi connectivity index (χ0v) is 12.0. The SMILES string of the molecule is COC(=O)c1ccc(COc2ccc(C)cc2Cl)nc1. The number of hydrogen-bond donors (Lipinski definition) is 0. The summed E-state index contributed by atoms with van der Waals surface area (Å²) in [4.78, 5) is 15.4. The van der Waals surface area contributed by atoms with Crippen molar-refractivity contribution in [1.82, 2.24) is 4.98 Å². The Bertz CT molecular complexity index is 611. The molecule has 0 atom stereocenters. The van der Waals surface area contributed by atoms with Crippen LogP contribution in [0.3, 0.4) is 0 Å². The first-order valence-electron chi connectivity index (χ1n) is 6.02. The second-order valence-electron chi connectivity index (χ2n) is 4.25. The van der Waals surface area contributed by atoms with Crippen LogP contribution >= 0.6 is 11.6 Å². The van der Waals surface area contributed by atoms with Crippen molar-refractivity contribution in [2.24, 2.45) is 0 Å². The molecule has 0 amide bonds. The standard InChI is InChI=1S/C15H14ClNO3/c1-10-3-6-14(13(16)7-10)20-9-12-5-4-11(8-17-12)15(18)19-2/h3-8H,9H2,1-2H3. The molecule has 0 N–H and O–H groups in total. The molecule has 1 aromatic carbocycles. The van der Waals surface area contributed by atoms with Crippen LogP contribution in [0.15, 0.2) is 36.5 Å². The average Bonchev–Trinajstić information content (AvgIpc) is 2.46. The summed E-state index contributed by atoms with van der Waals surface area (Å²) in [6.45, 7) is 2.24. The number of halogens is 1. The van der Waals surface area contributed by atoms with Crippen LogP contribution in [0.4, 0.5) is 0 Å². The number of aromatic nitrogens is 1. The fourth-order valence-electron chi connectivity index (χ4n) is 1.62. The Labute approximate surface area is 122 Å². The minimum Gasteiger partial charge on any atom is -0.486 e. The van der Waals surface area contributed by atoms with E-state index in [9.17, 15) is 4.79 Å². The number of carbonyl (C=O) groups excluding carboxylic acids is 1. The highest BCUT2D eigenvalue weighted by molar-refractivity contribution is 6.32. The molecule has 0 saturated heterocycles. The van der Waals surface area contributed by atoms with Crippen LogP contribution in [-0.2, 0) is 11.3 Å². The number of methoxy groups -OCH3 is 1. The van der Waals surface area contributed by atoms with Gasteiger partial charge in [-0.05, 0) is 36.8 Å². The van der Waals surface area contributed by atoms with Crippen LogP contribution in [-0.4, -0.2) is 18.1 Å². The van der Waals surface area contributed by atoms with Crippen LogP contribution in [0.1, 0.15) is 21.6 Å². The molecule has 0 fully saturated rings. The molecule has 0 aliphatic heterocycles. The van der Waals surface area contributed by atoms with Crippen molar-refractivity contribution >= 4 is 17.6 Å². The number of hydrogen-bond acceptors (Lipinski definition) is 4. The van der Waals surface area contributed by atoms with Gasteiger partial charge in [-0.15, -0.1) is 0 Å². The summed E-state index contributed by atoms with van der Waals surface area (Å²) in [6, 6.07) is 8.95. The van der Waals surface area contributed by atoms with E-state index in [0.29, 0.717) is 22.0 Å². The number of ether oxygens (including phenoxy) is 2. The molecule has 0 aliphatic rings. The van der Waals surface area contributed by atoms with Crippen molar-refractivity contribution in [1.29, 1.82) is 0 Å². The average molecular weight is 292 g/mol. The number of nitrogens with zero attached hydrogens (tertiary/aromatic N) is 1. The van der Waals surface area contributed by atoms with Gasteiger partial charge in [-0.1, -0.05) is 17.7 Å². The van der Waals surface area contributed by atoms with Crippen molar-refractivity contribution < 1.29 is 14.3 Å². The zero-order valence-electron chi connectivity index (χ0n) is 11.2. The first-order valence-corrected chi connectivity index (χ1v) is 6.40. The van der Waals surface area contributed by atoms with Crippen molar-refractivity contribution in [3.05, 3.63) is 58.4 Å². The van der Waals surface area contributed by atoms with Gasteiger partial charge in [-0.25, -0.2) is 4.79 Å². The first-order chi connectivity index (χ1) is 9.60. The van der Waals surface area contributed by atoms with Crippen LogP contribution in [0.2, 0.25) is 5.02 Å². The molecule has 2 aromatic rings. The molecule has 1 heterocycles. The van der Waals surface area contributed by atoms with E-state index in [1.54, 1.807) is 12.1 Å². The number of pyridine rings is 1. The molecule has 0 bridgehead atoms. The van der Waals surface area contributed by atoms with Crippen LogP contribution < -0.4 is 4.74 Å². The van der Waals surface area contributed by atoms with Gasteiger partial charge in [-0.3, -0.25) is 4.98 Å². The molecule has 0 radical (unpaired) electrons. The highest BCUT2D eigenvalue weighted by Gasteiger charge is 2.06. The lowest BCUT2D eigenvalue weighted by Crippen LogP contribution is -2.04. The van der Waals surface area contributed by atoms with Crippen LogP contribution in [0, 0.1) is 6.92 Å². The topological polar surface area (TPSA) is 48.4 Å². The fourth-order valence-corrected chi connectivity index (χ4v) is 1.91. The third-order valence-corrected chi connectivity index (χ3v) is 3.00. The highest BCUT2D eigenvalue weighted by atomic mass is 35.5. The maximum absolute atomic E-state index is 11.3. The summed E-state index contributed by atoms with van der Waals surface area (Å²) in [6.07, 6.45) is 1.46. The molecule has 4 nitrogen and oxygen atoms in total. The van der Waals surface area contributed by atoms with Crippen molar-refractivity contribution in [2.75, 3.05) is 7.11 Å². The molecule has 0 saturated carbocycles. The summed E-state index contributed by atoms with van der Waals surface area (Å²) < 4.78 is 10.2. The monoisotopic (exact) mass is 291 g/mol. The number of esters is 1. The second-order valence-corrected chi connectivity index (χ2v) is 4.66. The second kappa shape index (κ2) is 6.39. The highest BCUT2D eigenvalue weighted by Crippen LogP contribution is 2.25. The zero-order chi connectivity index (χ0) is 14.5. The van der Waals surface area contributed by atoms with Gasteiger partial charge < -0.3 is 9.47 Å². The van der Waals surface area contributed by atoms with E-state index in [1.807, 2.05) is 25.1 Å². The maximum atomic E-state index is 11.3. The summed E-state index contributed by atoms with van der Waals surface area (Å²) in [5.41, 5.74) is 2.18. The molecule has 104 valence electrons. The molecule has 0 unspecified atom stereocenters. The van der Waals surface area contributed by atoms with Gasteiger partial charge in [0.2, 0.25) is 0 Å². The number of carbonyl (C=O) groups is 1. The Morgan fingerprint density at radius 3 is 2.70 bits per heavy atom. The van der Waals surface area contributed by atoms with Gasteiger partial charge in [0.25, 0.3) is 0 Å². The van der Waals surface area contributed by atoms with Crippen LogP contribution in [0.5, 0.6) is 5.75 Å². The van der Waals surface area contributed by atoms with Gasteiger partial charge >= 0.3 is 5.97 Å². The molecule has 0 spiro atoms. The lowest BCUT2D eigenvalue weighted by atomic mass is 10.2. The quantitative estimate of drug-likeness (QED) is 0.810. The Hall–Kier alpha value is -2.07. The van der Waals surface area contributed by atoms with Crippen molar-refractivity contribution in [2.45, 2.75) is 13.5 Å². The van der Waals surface area contributed by atoms with Crippen LogP contribution in [0.25, 0.3) is 0 Å². The van der Waals surface area contributed by atoms with Crippen molar-refractivity contribution in [3.8, 4) is 5.75 Å². The summed E-state index contributed by atoms with van der Waals surface area (Å²) in [5, 5.41) is 0.566. The summed E-state index contributed by atoms with van der Waals surface area (Å²) >= 11 is 6.07. The lowest BCUT2D eigenvalue weighted by molar-refractivity contribution is 0.0600. The maximum Gasteiger partial charge on any atom is 0.339 e. The number of benzene rings is 1. The summed E-state index contributed by atoms with van der Waals surface area (Å²) in [7, 11) is 1.33. The predicted molar refractivity (Wildman–Crippen MR) is 76.1 cm³/mol. The minimum absolute atomic E-state index is 0.282. The predicted octanol–water partition coefficient (Wildman–Crippen LogP) is 3.41. The van der Waals surface area contributed by atoms with E-state index in [0.717, 1.165) is 5.56 Å². The fraction of sp³-hybridized carbons (Fsp3) is 0.200. The number of rotatable bonds is 4. The van der Waals surface area contributed by atoms with Gasteiger partial charge in [0.15, 0.2) is 0 Å². The molecule has 0 aliphatic carbocycles. The van der Waals surface area contributed by atoms with Crippen molar-refractivity contribution in [3.63, 3.8) is 0 Å². The van der Waals surface area contributed by atoms with E-state index in [1.165, 1.54) is 13.3 Å². The largest absolute Gasteiger partial charge is 0.486 e. The third-order valence-electron chi connectivity index (χ3n) is 2.71. The van der Waals surface area contributed by atoms with E-state index in [-0.39, 0.29) is 6.61 Å². The van der Waals surface area contributed by atoms with Gasteiger partial charge in [0.05, 0.1) is 23.4 Å². The summed E-state index contributed by atoms with van der Waals surface area (Å²) in [5.74, 6) is 0.197. The molecule has 2 rings (SSSR count). The van der Waals surface area contributed by atoms with Gasteiger partial charge in [-0.2, -0.15) is 0 Å². The Kier molecular flexibility index (Phi) is 4.58. The van der Waals surface area contributed by atoms with Gasteiger partial charge in [0.1, 0.15) is 12.4 Å². The van der Waals surface area contributed by atoms with E-state index in [2.05, 4.69) is 9.72 Å². The Balaban J connectivity index is 2.02. The Morgan fingerprint density at radius 1 is 1.30 bits per heavy atom. The molecule has 5 heteroatoms. The van der Waals surface area contributed by atoms with E-state index >= 15 is 0 Å². The first kappa shape index (κ1) is 14.3. The Morgan fingerprint density at radius 2 is 2.10 bits per heavy atom. The molecular weight excluding hydrogens is 278 g/mol. The minimum atomic E-state index is -0.411. The van der Waals surface area contributed by atoms with E-state index in [4.69, 9.17) is 16.3 Å². The van der Waals surface area contributed by atoms with E-state index < -0.39 is 5.97 Å². The molecule has 20 heavy (non-hydrogen) atoms. The molecular formula is C15H14ClNO3. The van der Waals surface area contributed by atoms with Gasteiger partial charge in [0, 0.05) is 6.20 Å². The number of aryl methyl sites for hydroxylation is 1. The molecule has 1 aromatic heterocycles.